The average Bonchev–Trinajstić information content (AvgIpc) is 2.87. The monoisotopic (exact) mass is 474 g/mol. The maximum absolute atomic E-state index is 12.4. The van der Waals surface area contributed by atoms with Gasteiger partial charge in [0.25, 0.3) is 0 Å². The SMILES string of the molecule is CCCCCCOc1ccc(C(=O)Oc2ccc(C(=O)OC[C@@H](OC)[C@@H](CO)OC)cc2)cc1. The van der Waals surface area contributed by atoms with Gasteiger partial charge in [-0.05, 0) is 55.0 Å². The van der Waals surface area contributed by atoms with Crippen LogP contribution in [0.4, 0.5) is 0 Å². The van der Waals surface area contributed by atoms with Gasteiger partial charge in [-0.25, -0.2) is 9.59 Å². The fraction of sp³-hybridized carbons (Fsp3) is 0.462. The van der Waals surface area contributed by atoms with Crippen LogP contribution in [-0.4, -0.2) is 63.3 Å². The third-order valence-corrected chi connectivity index (χ3v) is 5.24. The third-order valence-electron chi connectivity index (χ3n) is 5.24. The van der Waals surface area contributed by atoms with Crippen molar-refractivity contribution >= 4 is 11.9 Å². The van der Waals surface area contributed by atoms with Gasteiger partial charge in [0.2, 0.25) is 0 Å². The molecule has 0 spiro atoms. The van der Waals surface area contributed by atoms with E-state index in [4.69, 9.17) is 23.7 Å². The van der Waals surface area contributed by atoms with Crippen molar-refractivity contribution in [2.45, 2.75) is 44.8 Å². The first-order valence-corrected chi connectivity index (χ1v) is 11.4. The van der Waals surface area contributed by atoms with Crippen LogP contribution in [0, 0.1) is 0 Å². The van der Waals surface area contributed by atoms with Crippen LogP contribution in [0.15, 0.2) is 48.5 Å². The van der Waals surface area contributed by atoms with Crippen molar-refractivity contribution in [2.75, 3.05) is 34.0 Å². The molecule has 34 heavy (non-hydrogen) atoms. The van der Waals surface area contributed by atoms with Crippen LogP contribution in [0.2, 0.25) is 0 Å². The highest BCUT2D eigenvalue weighted by molar-refractivity contribution is 5.92. The minimum atomic E-state index is -0.606. The summed E-state index contributed by atoms with van der Waals surface area (Å²) in [5, 5.41) is 9.28. The van der Waals surface area contributed by atoms with Crippen LogP contribution < -0.4 is 9.47 Å². The molecule has 0 fully saturated rings. The van der Waals surface area contributed by atoms with Crippen LogP contribution in [0.3, 0.4) is 0 Å². The van der Waals surface area contributed by atoms with Gasteiger partial charge in [-0.15, -0.1) is 0 Å². The van der Waals surface area contributed by atoms with E-state index in [9.17, 15) is 14.7 Å². The molecule has 1 N–H and O–H groups in total. The Morgan fingerprint density at radius 3 is 1.94 bits per heavy atom. The number of ether oxygens (including phenoxy) is 5. The number of carbonyl (C=O) groups is 2. The molecule has 0 amide bonds. The van der Waals surface area contributed by atoms with Crippen LogP contribution in [-0.2, 0) is 14.2 Å². The molecule has 8 nitrogen and oxygen atoms in total. The summed E-state index contributed by atoms with van der Waals surface area (Å²) in [5.41, 5.74) is 0.678. The number of hydrogen-bond acceptors (Lipinski definition) is 8. The predicted molar refractivity (Wildman–Crippen MR) is 126 cm³/mol. The number of rotatable bonds is 15. The molecular formula is C26H34O8. The lowest BCUT2D eigenvalue weighted by Gasteiger charge is -2.22. The van der Waals surface area contributed by atoms with Crippen LogP contribution in [0.5, 0.6) is 11.5 Å². The van der Waals surface area contributed by atoms with E-state index in [0.717, 1.165) is 12.8 Å². The van der Waals surface area contributed by atoms with E-state index in [0.29, 0.717) is 23.7 Å². The Balaban J connectivity index is 1.84. The van der Waals surface area contributed by atoms with E-state index in [2.05, 4.69) is 6.92 Å². The quantitative estimate of drug-likeness (QED) is 0.234. The highest BCUT2D eigenvalue weighted by Gasteiger charge is 2.22. The Bertz CT molecular complexity index is 859. The first kappa shape index (κ1) is 27.3. The van der Waals surface area contributed by atoms with Crippen LogP contribution in [0.1, 0.15) is 53.3 Å². The molecule has 0 aromatic heterocycles. The molecule has 0 unspecified atom stereocenters. The van der Waals surface area contributed by atoms with Gasteiger partial charge in [0.1, 0.15) is 30.3 Å². The zero-order chi connectivity index (χ0) is 24.8. The van der Waals surface area contributed by atoms with E-state index in [1.54, 1.807) is 24.3 Å². The molecule has 0 radical (unpaired) electrons. The van der Waals surface area contributed by atoms with E-state index in [1.807, 2.05) is 0 Å². The average molecular weight is 475 g/mol. The van der Waals surface area contributed by atoms with Gasteiger partial charge in [-0.3, -0.25) is 0 Å². The molecule has 2 rings (SSSR count). The number of esters is 2. The second kappa shape index (κ2) is 15.1. The summed E-state index contributed by atoms with van der Waals surface area (Å²) in [5.74, 6) is -0.0740. The molecule has 0 saturated carbocycles. The predicted octanol–water partition coefficient (Wildman–Crippen LogP) is 4.04. The highest BCUT2D eigenvalue weighted by Crippen LogP contribution is 2.18. The second-order valence-electron chi connectivity index (χ2n) is 7.68. The van der Waals surface area contributed by atoms with Gasteiger partial charge in [-0.1, -0.05) is 26.2 Å². The lowest BCUT2D eigenvalue weighted by Crippen LogP contribution is -2.37. The fourth-order valence-corrected chi connectivity index (χ4v) is 3.14. The van der Waals surface area contributed by atoms with E-state index >= 15 is 0 Å². The standard InChI is InChI=1S/C26H34O8/c1-4-5-6-7-16-32-21-12-8-20(9-13-21)26(29)34-22-14-10-19(11-15-22)25(28)33-18-24(31-3)23(17-27)30-2/h8-15,23-24,27H,4-7,16-18H2,1-3H3/t23-,24-/m1/s1. The Kier molecular flexibility index (Phi) is 12.1. The van der Waals surface area contributed by atoms with Crippen molar-refractivity contribution in [1.29, 1.82) is 0 Å². The third kappa shape index (κ3) is 8.78. The van der Waals surface area contributed by atoms with E-state index in [-0.39, 0.29) is 18.8 Å². The zero-order valence-corrected chi connectivity index (χ0v) is 20.0. The fourth-order valence-electron chi connectivity index (χ4n) is 3.14. The van der Waals surface area contributed by atoms with Crippen molar-refractivity contribution < 1.29 is 38.4 Å². The van der Waals surface area contributed by atoms with E-state index in [1.165, 1.54) is 51.3 Å². The second-order valence-corrected chi connectivity index (χ2v) is 7.68. The zero-order valence-electron chi connectivity index (χ0n) is 20.0. The largest absolute Gasteiger partial charge is 0.494 e. The van der Waals surface area contributed by atoms with Gasteiger partial charge in [0, 0.05) is 14.2 Å². The molecule has 2 aromatic rings. The number of methoxy groups -OCH3 is 2. The molecule has 2 aromatic carbocycles. The number of carbonyl (C=O) groups excluding carboxylic acids is 2. The summed E-state index contributed by atoms with van der Waals surface area (Å²) in [4.78, 5) is 24.7. The Morgan fingerprint density at radius 1 is 0.794 bits per heavy atom. The lowest BCUT2D eigenvalue weighted by atomic mass is 10.2. The first-order chi connectivity index (χ1) is 16.5. The smallest absolute Gasteiger partial charge is 0.343 e. The summed E-state index contributed by atoms with van der Waals surface area (Å²) >= 11 is 0. The maximum Gasteiger partial charge on any atom is 0.343 e. The van der Waals surface area contributed by atoms with Crippen molar-refractivity contribution in [1.82, 2.24) is 0 Å². The molecule has 0 aliphatic rings. The summed E-state index contributed by atoms with van der Waals surface area (Å²) < 4.78 is 26.6. The van der Waals surface area contributed by atoms with Crippen molar-refractivity contribution in [3.8, 4) is 11.5 Å². The normalized spacial score (nSPS) is 12.6. The van der Waals surface area contributed by atoms with Gasteiger partial charge >= 0.3 is 11.9 Å². The molecule has 0 heterocycles. The maximum atomic E-state index is 12.4. The van der Waals surface area contributed by atoms with Crippen molar-refractivity contribution in [2.24, 2.45) is 0 Å². The Morgan fingerprint density at radius 2 is 1.38 bits per heavy atom. The summed E-state index contributed by atoms with van der Waals surface area (Å²) in [6.45, 7) is 2.47. The number of aliphatic hydroxyl groups is 1. The minimum absolute atomic E-state index is 0.0798. The lowest BCUT2D eigenvalue weighted by molar-refractivity contribution is -0.0828. The van der Waals surface area contributed by atoms with Crippen LogP contribution >= 0.6 is 0 Å². The molecule has 0 aliphatic carbocycles. The van der Waals surface area contributed by atoms with E-state index < -0.39 is 24.1 Å². The number of hydrogen-bond donors (Lipinski definition) is 1. The van der Waals surface area contributed by atoms with Gasteiger partial charge in [0.05, 0.1) is 24.3 Å². The van der Waals surface area contributed by atoms with Gasteiger partial charge in [-0.2, -0.15) is 0 Å². The molecule has 0 aliphatic heterocycles. The van der Waals surface area contributed by atoms with Gasteiger partial charge < -0.3 is 28.8 Å². The molecule has 8 heteroatoms. The summed E-state index contributed by atoms with van der Waals surface area (Å²) in [7, 11) is 2.88. The van der Waals surface area contributed by atoms with Crippen molar-refractivity contribution in [3.63, 3.8) is 0 Å². The number of aliphatic hydroxyl groups excluding tert-OH is 1. The van der Waals surface area contributed by atoms with Gasteiger partial charge in [0.15, 0.2) is 0 Å². The molecule has 0 saturated heterocycles. The molecule has 2 atom stereocenters. The number of unbranched alkanes of at least 4 members (excludes halogenated alkanes) is 3. The highest BCUT2D eigenvalue weighted by atomic mass is 16.6. The van der Waals surface area contributed by atoms with Crippen LogP contribution in [0.25, 0.3) is 0 Å². The summed E-state index contributed by atoms with van der Waals surface area (Å²) in [6, 6.07) is 12.8. The Hall–Kier alpha value is -2.94. The number of benzene rings is 2. The molecular weight excluding hydrogens is 440 g/mol. The summed E-state index contributed by atoms with van der Waals surface area (Å²) in [6.07, 6.45) is 3.32. The first-order valence-electron chi connectivity index (χ1n) is 11.4. The Labute approximate surface area is 200 Å². The molecule has 0 bridgehead atoms. The molecule has 186 valence electrons. The topological polar surface area (TPSA) is 101 Å². The minimum Gasteiger partial charge on any atom is -0.494 e. The van der Waals surface area contributed by atoms with Crippen molar-refractivity contribution in [3.05, 3.63) is 59.7 Å².